The highest BCUT2D eigenvalue weighted by atomic mass is 19.4. The Morgan fingerprint density at radius 1 is 0.952 bits per heavy atom. The van der Waals surface area contributed by atoms with Crippen molar-refractivity contribution in [2.45, 2.75) is 26.6 Å². The molecule has 0 aromatic heterocycles. The molecule has 0 aliphatic heterocycles. The highest BCUT2D eigenvalue weighted by Crippen LogP contribution is 2.32. The van der Waals surface area contributed by atoms with Crippen LogP contribution in [0.25, 0.3) is 0 Å². The number of hydrogen-bond donors (Lipinski definition) is 1. The summed E-state index contributed by atoms with van der Waals surface area (Å²) in [5.74, 6) is -0.363. The molecular weight excluding hydrogens is 282 g/mol. The first kappa shape index (κ1) is 15.4. The predicted molar refractivity (Wildman–Crippen MR) is 74.6 cm³/mol. The van der Waals surface area contributed by atoms with Gasteiger partial charge in [0.2, 0.25) is 0 Å². The molecule has 2 rings (SSSR count). The molecule has 5 heteroatoms. The third-order valence-electron chi connectivity index (χ3n) is 3.35. The molecule has 0 aliphatic carbocycles. The molecule has 2 aromatic rings. The average molecular weight is 297 g/mol. The number of benzene rings is 2. The molecule has 0 fully saturated rings. The molecule has 0 atom stereocenters. The van der Waals surface area contributed by atoms with Gasteiger partial charge in [-0.1, -0.05) is 12.1 Å². The normalized spacial score (nSPS) is 11.5. The van der Waals surface area contributed by atoms with Gasteiger partial charge in [0.1, 0.15) is 5.82 Å². The fraction of sp³-hybridized carbons (Fsp3) is 0.250. The number of rotatable bonds is 3. The number of nitrogens with one attached hydrogen (secondary N) is 1. The minimum absolute atomic E-state index is 0.270. The van der Waals surface area contributed by atoms with E-state index in [2.05, 4.69) is 5.32 Å². The molecule has 2 aromatic carbocycles. The van der Waals surface area contributed by atoms with Crippen LogP contribution in [-0.4, -0.2) is 0 Å². The average Bonchev–Trinajstić information content (AvgIpc) is 2.40. The zero-order valence-electron chi connectivity index (χ0n) is 11.7. The Kier molecular flexibility index (Phi) is 4.21. The second kappa shape index (κ2) is 5.76. The second-order valence-corrected chi connectivity index (χ2v) is 4.95. The lowest BCUT2D eigenvalue weighted by Gasteiger charge is -2.14. The van der Waals surface area contributed by atoms with Crippen molar-refractivity contribution in [3.63, 3.8) is 0 Å². The fourth-order valence-electron chi connectivity index (χ4n) is 2.01. The summed E-state index contributed by atoms with van der Waals surface area (Å²) in [5.41, 5.74) is 2.00. The van der Waals surface area contributed by atoms with Gasteiger partial charge in [0, 0.05) is 12.2 Å². The number of aryl methyl sites for hydroxylation is 2. The van der Waals surface area contributed by atoms with Gasteiger partial charge >= 0.3 is 6.18 Å². The van der Waals surface area contributed by atoms with Crippen molar-refractivity contribution in [2.24, 2.45) is 0 Å². The summed E-state index contributed by atoms with van der Waals surface area (Å²) in [5, 5.41) is 2.94. The lowest BCUT2D eigenvalue weighted by Crippen LogP contribution is -2.08. The summed E-state index contributed by atoms with van der Waals surface area (Å²) < 4.78 is 51.3. The van der Waals surface area contributed by atoms with Gasteiger partial charge in [0.05, 0.1) is 5.56 Å². The van der Waals surface area contributed by atoms with E-state index in [-0.39, 0.29) is 12.4 Å². The Bertz CT molecular complexity index is 647. The van der Waals surface area contributed by atoms with Crippen molar-refractivity contribution < 1.29 is 17.6 Å². The fourth-order valence-corrected chi connectivity index (χ4v) is 2.01. The smallest absolute Gasteiger partial charge is 0.381 e. The minimum Gasteiger partial charge on any atom is -0.381 e. The van der Waals surface area contributed by atoms with Crippen molar-refractivity contribution in [3.05, 3.63) is 64.5 Å². The number of hydrogen-bond acceptors (Lipinski definition) is 1. The van der Waals surface area contributed by atoms with Gasteiger partial charge in [0.25, 0.3) is 0 Å². The summed E-state index contributed by atoms with van der Waals surface area (Å²) in [4.78, 5) is 0. The standard InChI is InChI=1S/C16H15F4N/c1-10-4-6-14(17)7-12(10)9-21-15-8-13(16(18,19)20)5-3-11(15)2/h3-8,21H,9H2,1-2H3. The van der Waals surface area contributed by atoms with Crippen molar-refractivity contribution in [1.82, 2.24) is 0 Å². The van der Waals surface area contributed by atoms with Gasteiger partial charge in [-0.15, -0.1) is 0 Å². The molecule has 0 saturated carbocycles. The van der Waals surface area contributed by atoms with E-state index in [1.807, 2.05) is 6.92 Å². The van der Waals surface area contributed by atoms with Crippen molar-refractivity contribution in [2.75, 3.05) is 5.32 Å². The third kappa shape index (κ3) is 3.74. The lowest BCUT2D eigenvalue weighted by molar-refractivity contribution is -0.137. The molecule has 0 saturated heterocycles. The SMILES string of the molecule is Cc1ccc(F)cc1CNc1cc(C(F)(F)F)ccc1C. The van der Waals surface area contributed by atoms with E-state index in [4.69, 9.17) is 0 Å². The quantitative estimate of drug-likeness (QED) is 0.780. The summed E-state index contributed by atoms with van der Waals surface area (Å²) in [7, 11) is 0. The van der Waals surface area contributed by atoms with Crippen molar-refractivity contribution in [3.8, 4) is 0 Å². The Morgan fingerprint density at radius 3 is 2.29 bits per heavy atom. The largest absolute Gasteiger partial charge is 0.416 e. The molecule has 21 heavy (non-hydrogen) atoms. The first-order chi connectivity index (χ1) is 9.77. The molecule has 0 aliphatic rings. The van der Waals surface area contributed by atoms with Crippen LogP contribution < -0.4 is 5.32 Å². The van der Waals surface area contributed by atoms with Crippen LogP contribution >= 0.6 is 0 Å². The van der Waals surface area contributed by atoms with Crippen LogP contribution in [0.3, 0.4) is 0 Å². The van der Waals surface area contributed by atoms with Crippen LogP contribution in [0, 0.1) is 19.7 Å². The zero-order chi connectivity index (χ0) is 15.6. The van der Waals surface area contributed by atoms with Crippen LogP contribution in [0.4, 0.5) is 23.2 Å². The van der Waals surface area contributed by atoms with Gasteiger partial charge in [-0.2, -0.15) is 13.2 Å². The van der Waals surface area contributed by atoms with E-state index in [1.54, 1.807) is 13.0 Å². The monoisotopic (exact) mass is 297 g/mol. The van der Waals surface area contributed by atoms with E-state index >= 15 is 0 Å². The molecule has 0 unspecified atom stereocenters. The van der Waals surface area contributed by atoms with Gasteiger partial charge in [-0.25, -0.2) is 4.39 Å². The Morgan fingerprint density at radius 2 is 1.62 bits per heavy atom. The summed E-state index contributed by atoms with van der Waals surface area (Å²) in [6, 6.07) is 7.92. The molecule has 0 amide bonds. The maximum Gasteiger partial charge on any atom is 0.416 e. The summed E-state index contributed by atoms with van der Waals surface area (Å²) in [6.45, 7) is 3.82. The molecule has 0 bridgehead atoms. The first-order valence-corrected chi connectivity index (χ1v) is 6.44. The van der Waals surface area contributed by atoms with Crippen LogP contribution in [0.5, 0.6) is 0 Å². The van der Waals surface area contributed by atoms with E-state index in [1.165, 1.54) is 18.2 Å². The Labute approximate surface area is 120 Å². The van der Waals surface area contributed by atoms with Gasteiger partial charge in [-0.05, 0) is 54.8 Å². The van der Waals surface area contributed by atoms with Crippen molar-refractivity contribution in [1.29, 1.82) is 0 Å². The molecule has 1 N–H and O–H groups in total. The lowest BCUT2D eigenvalue weighted by atomic mass is 10.1. The van der Waals surface area contributed by atoms with Crippen LogP contribution in [0.2, 0.25) is 0 Å². The number of halogens is 4. The van der Waals surface area contributed by atoms with Gasteiger partial charge < -0.3 is 5.32 Å². The van der Waals surface area contributed by atoms with Crippen LogP contribution in [0.1, 0.15) is 22.3 Å². The first-order valence-electron chi connectivity index (χ1n) is 6.44. The zero-order valence-corrected chi connectivity index (χ0v) is 11.7. The van der Waals surface area contributed by atoms with E-state index < -0.39 is 11.7 Å². The highest BCUT2D eigenvalue weighted by Gasteiger charge is 2.30. The maximum absolute atomic E-state index is 13.2. The highest BCUT2D eigenvalue weighted by molar-refractivity contribution is 5.53. The number of alkyl halides is 3. The third-order valence-corrected chi connectivity index (χ3v) is 3.35. The Hall–Kier alpha value is -2.04. The van der Waals surface area contributed by atoms with E-state index in [0.717, 1.165) is 17.7 Å². The van der Waals surface area contributed by atoms with Crippen LogP contribution in [-0.2, 0) is 12.7 Å². The molecule has 0 spiro atoms. The minimum atomic E-state index is -4.38. The van der Waals surface area contributed by atoms with Gasteiger partial charge in [-0.3, -0.25) is 0 Å². The Balaban J connectivity index is 2.22. The molecule has 112 valence electrons. The van der Waals surface area contributed by atoms with E-state index in [0.29, 0.717) is 16.8 Å². The van der Waals surface area contributed by atoms with E-state index in [9.17, 15) is 17.6 Å². The molecule has 1 nitrogen and oxygen atoms in total. The molecule has 0 heterocycles. The summed E-state index contributed by atoms with van der Waals surface area (Å²) >= 11 is 0. The predicted octanol–water partition coefficient (Wildman–Crippen LogP) is 5.07. The second-order valence-electron chi connectivity index (χ2n) is 4.95. The van der Waals surface area contributed by atoms with Crippen molar-refractivity contribution >= 4 is 5.69 Å². The maximum atomic E-state index is 13.2. The topological polar surface area (TPSA) is 12.0 Å². The summed E-state index contributed by atoms with van der Waals surface area (Å²) in [6.07, 6.45) is -4.38. The van der Waals surface area contributed by atoms with Gasteiger partial charge in [0.15, 0.2) is 0 Å². The number of anilines is 1. The molecule has 0 radical (unpaired) electrons. The molecular formula is C16H15F4N. The van der Waals surface area contributed by atoms with Crippen LogP contribution in [0.15, 0.2) is 36.4 Å².